The smallest absolute Gasteiger partial charge is 0.277 e. The van der Waals surface area contributed by atoms with Crippen LogP contribution in [0.2, 0.25) is 5.02 Å². The molecule has 144 valence electrons. The van der Waals surface area contributed by atoms with E-state index in [4.69, 9.17) is 30.5 Å². The van der Waals surface area contributed by atoms with Gasteiger partial charge in [0, 0.05) is 0 Å². The predicted molar refractivity (Wildman–Crippen MR) is 103 cm³/mol. The number of nitrogens with zero attached hydrogens (tertiary/aromatic N) is 1. The van der Waals surface area contributed by atoms with E-state index in [0.717, 1.165) is 0 Å². The standard InChI is InChI=1S/C19H21ClN2O5/c1-4-26-19-16(20)9-13(10-17(19)25-3)11-21-22-18(23)12-27-15-7-5-14(24-2)6-8-15/h5-11H,4,12H2,1-3H3,(H,22,23)/b21-11-. The average molecular weight is 393 g/mol. The second-order valence-corrected chi connectivity index (χ2v) is 5.63. The van der Waals surface area contributed by atoms with Crippen LogP contribution in [0.4, 0.5) is 0 Å². The lowest BCUT2D eigenvalue weighted by atomic mass is 10.2. The normalized spacial score (nSPS) is 10.5. The van der Waals surface area contributed by atoms with Gasteiger partial charge in [0.15, 0.2) is 18.1 Å². The molecule has 0 aromatic heterocycles. The van der Waals surface area contributed by atoms with Crippen molar-refractivity contribution < 1.29 is 23.7 Å². The van der Waals surface area contributed by atoms with Crippen molar-refractivity contribution in [3.63, 3.8) is 0 Å². The Bertz CT molecular complexity index is 793. The van der Waals surface area contributed by atoms with Crippen molar-refractivity contribution in [3.8, 4) is 23.0 Å². The third kappa shape index (κ3) is 6.07. The molecule has 2 aromatic carbocycles. The summed E-state index contributed by atoms with van der Waals surface area (Å²) in [5.74, 6) is 1.82. The maximum atomic E-state index is 11.8. The van der Waals surface area contributed by atoms with Crippen LogP contribution in [0.1, 0.15) is 12.5 Å². The third-order valence-electron chi connectivity index (χ3n) is 3.37. The molecule has 0 bridgehead atoms. The molecule has 0 spiro atoms. The van der Waals surface area contributed by atoms with Gasteiger partial charge in [-0.25, -0.2) is 5.43 Å². The van der Waals surface area contributed by atoms with Crippen LogP contribution in [0, 0.1) is 0 Å². The SMILES string of the molecule is CCOc1c(Cl)cc(/C=N\NC(=O)COc2ccc(OC)cc2)cc1OC. The van der Waals surface area contributed by atoms with Crippen LogP contribution >= 0.6 is 11.6 Å². The number of halogens is 1. The summed E-state index contributed by atoms with van der Waals surface area (Å²) in [5.41, 5.74) is 3.04. The highest BCUT2D eigenvalue weighted by atomic mass is 35.5. The fourth-order valence-corrected chi connectivity index (χ4v) is 2.40. The van der Waals surface area contributed by atoms with Gasteiger partial charge in [0.05, 0.1) is 32.1 Å². The first-order valence-electron chi connectivity index (χ1n) is 8.16. The summed E-state index contributed by atoms with van der Waals surface area (Å²) in [4.78, 5) is 11.8. The Morgan fingerprint density at radius 2 is 1.81 bits per heavy atom. The van der Waals surface area contributed by atoms with Crippen molar-refractivity contribution in [2.75, 3.05) is 27.4 Å². The number of amides is 1. The molecule has 27 heavy (non-hydrogen) atoms. The van der Waals surface area contributed by atoms with Crippen LogP contribution in [0.3, 0.4) is 0 Å². The Balaban J connectivity index is 1.90. The average Bonchev–Trinajstić information content (AvgIpc) is 2.68. The second-order valence-electron chi connectivity index (χ2n) is 5.22. The predicted octanol–water partition coefficient (Wildman–Crippen LogP) is 3.29. The van der Waals surface area contributed by atoms with E-state index < -0.39 is 5.91 Å². The molecular weight excluding hydrogens is 372 g/mol. The monoisotopic (exact) mass is 392 g/mol. The number of methoxy groups -OCH3 is 2. The van der Waals surface area contributed by atoms with Crippen molar-refractivity contribution in [2.45, 2.75) is 6.92 Å². The summed E-state index contributed by atoms with van der Waals surface area (Å²) in [5, 5.41) is 4.29. The number of nitrogens with one attached hydrogen (secondary N) is 1. The van der Waals surface area contributed by atoms with Crippen LogP contribution in [0.15, 0.2) is 41.5 Å². The highest BCUT2D eigenvalue weighted by Crippen LogP contribution is 2.35. The van der Waals surface area contributed by atoms with Gasteiger partial charge in [0.2, 0.25) is 0 Å². The molecule has 0 saturated heterocycles. The zero-order valence-electron chi connectivity index (χ0n) is 15.3. The van der Waals surface area contributed by atoms with E-state index in [2.05, 4.69) is 10.5 Å². The highest BCUT2D eigenvalue weighted by molar-refractivity contribution is 6.32. The molecule has 0 heterocycles. The molecule has 0 unspecified atom stereocenters. The number of hydrazone groups is 1. The minimum atomic E-state index is -0.397. The van der Waals surface area contributed by atoms with Crippen LogP contribution < -0.4 is 24.4 Å². The lowest BCUT2D eigenvalue weighted by molar-refractivity contribution is -0.123. The van der Waals surface area contributed by atoms with E-state index >= 15 is 0 Å². The first-order chi connectivity index (χ1) is 13.1. The number of carbonyl (C=O) groups excluding carboxylic acids is 1. The molecule has 0 saturated carbocycles. The molecule has 8 heteroatoms. The number of rotatable bonds is 9. The van der Waals surface area contributed by atoms with Gasteiger partial charge in [-0.15, -0.1) is 0 Å². The number of benzene rings is 2. The third-order valence-corrected chi connectivity index (χ3v) is 3.65. The van der Waals surface area contributed by atoms with Gasteiger partial charge in [-0.1, -0.05) is 11.6 Å². The molecule has 0 aliphatic rings. The minimum Gasteiger partial charge on any atom is -0.497 e. The van der Waals surface area contributed by atoms with Crippen molar-refractivity contribution in [2.24, 2.45) is 5.10 Å². The zero-order valence-corrected chi connectivity index (χ0v) is 16.1. The molecule has 1 N–H and O–H groups in total. The topological polar surface area (TPSA) is 78.4 Å². The summed E-state index contributed by atoms with van der Waals surface area (Å²) in [6.07, 6.45) is 1.45. The summed E-state index contributed by atoms with van der Waals surface area (Å²) in [6.45, 7) is 2.15. The van der Waals surface area contributed by atoms with E-state index in [-0.39, 0.29) is 6.61 Å². The van der Waals surface area contributed by atoms with Crippen molar-refractivity contribution in [3.05, 3.63) is 47.0 Å². The van der Waals surface area contributed by atoms with E-state index in [1.54, 1.807) is 43.5 Å². The van der Waals surface area contributed by atoms with E-state index in [0.29, 0.717) is 40.2 Å². The number of hydrogen-bond donors (Lipinski definition) is 1. The van der Waals surface area contributed by atoms with Gasteiger partial charge < -0.3 is 18.9 Å². The van der Waals surface area contributed by atoms with Crippen LogP contribution in [-0.2, 0) is 4.79 Å². The lowest BCUT2D eigenvalue weighted by Crippen LogP contribution is -2.24. The molecule has 2 aromatic rings. The van der Waals surface area contributed by atoms with E-state index in [9.17, 15) is 4.79 Å². The quantitative estimate of drug-likeness (QED) is 0.523. The maximum Gasteiger partial charge on any atom is 0.277 e. The van der Waals surface area contributed by atoms with Crippen molar-refractivity contribution in [1.82, 2.24) is 5.43 Å². The van der Waals surface area contributed by atoms with Crippen LogP contribution in [0.5, 0.6) is 23.0 Å². The summed E-state index contributed by atoms with van der Waals surface area (Å²) >= 11 is 6.19. The van der Waals surface area contributed by atoms with Crippen molar-refractivity contribution >= 4 is 23.7 Å². The first kappa shape index (κ1) is 20.4. The molecule has 7 nitrogen and oxygen atoms in total. The number of carbonyl (C=O) groups is 1. The lowest BCUT2D eigenvalue weighted by Gasteiger charge is -2.11. The van der Waals surface area contributed by atoms with Crippen molar-refractivity contribution in [1.29, 1.82) is 0 Å². The number of hydrogen-bond acceptors (Lipinski definition) is 6. The van der Waals surface area contributed by atoms with Crippen LogP contribution in [0.25, 0.3) is 0 Å². The van der Waals surface area contributed by atoms with Gasteiger partial charge in [-0.2, -0.15) is 5.10 Å². The van der Waals surface area contributed by atoms with E-state index in [1.165, 1.54) is 13.3 Å². The van der Waals surface area contributed by atoms with Gasteiger partial charge in [-0.3, -0.25) is 4.79 Å². The van der Waals surface area contributed by atoms with Gasteiger partial charge in [-0.05, 0) is 48.9 Å². The van der Waals surface area contributed by atoms with Gasteiger partial charge in [0.25, 0.3) is 5.91 Å². The second kappa shape index (κ2) is 10.3. The largest absolute Gasteiger partial charge is 0.497 e. The minimum absolute atomic E-state index is 0.170. The molecule has 1 amide bonds. The zero-order chi connectivity index (χ0) is 19.6. The first-order valence-corrected chi connectivity index (χ1v) is 8.54. The van der Waals surface area contributed by atoms with Gasteiger partial charge >= 0.3 is 0 Å². The Labute approximate surface area is 162 Å². The van der Waals surface area contributed by atoms with Crippen LogP contribution in [-0.4, -0.2) is 39.6 Å². The Morgan fingerprint density at radius 1 is 1.11 bits per heavy atom. The summed E-state index contributed by atoms with van der Waals surface area (Å²) < 4.78 is 21.1. The van der Waals surface area contributed by atoms with E-state index in [1.807, 2.05) is 6.92 Å². The highest BCUT2D eigenvalue weighted by Gasteiger charge is 2.11. The molecule has 0 aliphatic heterocycles. The summed E-state index contributed by atoms with van der Waals surface area (Å²) in [7, 11) is 3.10. The Morgan fingerprint density at radius 3 is 2.44 bits per heavy atom. The molecule has 0 atom stereocenters. The molecule has 0 fully saturated rings. The maximum absolute atomic E-state index is 11.8. The Kier molecular flexibility index (Phi) is 7.76. The fraction of sp³-hybridized carbons (Fsp3) is 0.263. The summed E-state index contributed by atoms with van der Waals surface area (Å²) in [6, 6.07) is 10.3. The fourth-order valence-electron chi connectivity index (χ4n) is 2.13. The van der Waals surface area contributed by atoms with Gasteiger partial charge in [0.1, 0.15) is 11.5 Å². The molecular formula is C19H21ClN2O5. The molecule has 2 rings (SSSR count). The molecule has 0 aliphatic carbocycles. The number of ether oxygens (including phenoxy) is 4. The Hall–Kier alpha value is -2.93. The molecule has 0 radical (unpaired) electrons.